The molecule has 1 aliphatic rings. The van der Waals surface area contributed by atoms with E-state index in [0.717, 1.165) is 4.90 Å². The number of nitrogens with zero attached hydrogens (tertiary/aromatic N) is 2. The second-order valence-corrected chi connectivity index (χ2v) is 4.73. The quantitative estimate of drug-likeness (QED) is 0.631. The summed E-state index contributed by atoms with van der Waals surface area (Å²) in [6.45, 7) is 0.0702. The monoisotopic (exact) mass is 290 g/mol. The van der Waals surface area contributed by atoms with E-state index in [-0.39, 0.29) is 22.9 Å². The number of rotatable bonds is 2. The normalized spacial score (nSPS) is 13.8. The van der Waals surface area contributed by atoms with Gasteiger partial charge in [0.1, 0.15) is 11.0 Å². The minimum Gasteiger partial charge on any atom is -0.298 e. The van der Waals surface area contributed by atoms with Gasteiger partial charge in [-0.3, -0.25) is 14.5 Å². The van der Waals surface area contributed by atoms with Crippen molar-refractivity contribution in [3.8, 4) is 0 Å². The van der Waals surface area contributed by atoms with E-state index in [1.54, 1.807) is 12.1 Å². The first kappa shape index (κ1) is 12.7. The van der Waals surface area contributed by atoms with Crippen LogP contribution in [0.5, 0.6) is 0 Å². The van der Waals surface area contributed by atoms with E-state index in [9.17, 15) is 14.0 Å². The first-order valence-corrected chi connectivity index (χ1v) is 6.21. The zero-order chi connectivity index (χ0) is 14.3. The Balaban J connectivity index is 2.03. The van der Waals surface area contributed by atoms with E-state index < -0.39 is 17.5 Å². The van der Waals surface area contributed by atoms with E-state index in [1.165, 1.54) is 24.4 Å². The van der Waals surface area contributed by atoms with Gasteiger partial charge in [-0.25, -0.2) is 9.37 Å². The van der Waals surface area contributed by atoms with Crippen molar-refractivity contribution in [2.75, 3.05) is 4.90 Å². The third kappa shape index (κ3) is 1.96. The predicted octanol–water partition coefficient (Wildman–Crippen LogP) is 2.60. The minimum atomic E-state index is -0.738. The maximum Gasteiger partial charge on any atom is 0.299 e. The molecule has 1 aromatic carbocycles. The van der Waals surface area contributed by atoms with Crippen molar-refractivity contribution in [2.45, 2.75) is 6.54 Å². The minimum absolute atomic E-state index is 0.0236. The topological polar surface area (TPSA) is 50.3 Å². The van der Waals surface area contributed by atoms with Crippen molar-refractivity contribution in [2.24, 2.45) is 0 Å². The van der Waals surface area contributed by atoms with Crippen LogP contribution in [0.4, 0.5) is 10.1 Å². The molecule has 2 heterocycles. The summed E-state index contributed by atoms with van der Waals surface area (Å²) >= 11 is 5.77. The molecule has 6 heteroatoms. The van der Waals surface area contributed by atoms with Crippen molar-refractivity contribution in [1.29, 1.82) is 0 Å². The molecule has 0 spiro atoms. The third-order valence-electron chi connectivity index (χ3n) is 3.07. The van der Waals surface area contributed by atoms with Gasteiger partial charge in [0.15, 0.2) is 0 Å². The molecule has 1 aliphatic heterocycles. The zero-order valence-corrected chi connectivity index (χ0v) is 10.9. The van der Waals surface area contributed by atoms with Gasteiger partial charge in [0.05, 0.1) is 17.8 Å². The highest BCUT2D eigenvalue weighted by Gasteiger charge is 2.37. The highest BCUT2D eigenvalue weighted by molar-refractivity contribution is 6.52. The first-order chi connectivity index (χ1) is 9.58. The van der Waals surface area contributed by atoms with Gasteiger partial charge in [0, 0.05) is 6.20 Å². The second kappa shape index (κ2) is 4.68. The standard InChI is InChI=1S/C14H8ClFN2O2/c15-11-6-8(4-5-17-11)7-18-12-9(13(19)14(18)20)2-1-3-10(12)16/h1-6H,7H2. The molecule has 0 radical (unpaired) electrons. The van der Waals surface area contributed by atoms with E-state index >= 15 is 0 Å². The SMILES string of the molecule is O=C1C(=O)N(Cc2ccnc(Cl)c2)c2c(F)cccc21. The molecule has 1 amide bonds. The Morgan fingerprint density at radius 1 is 1.25 bits per heavy atom. The number of ketones is 1. The van der Waals surface area contributed by atoms with Crippen molar-refractivity contribution >= 4 is 29.0 Å². The Kier molecular flexibility index (Phi) is 2.99. The molecular weight excluding hydrogens is 283 g/mol. The largest absolute Gasteiger partial charge is 0.299 e. The van der Waals surface area contributed by atoms with E-state index in [2.05, 4.69) is 4.98 Å². The lowest BCUT2D eigenvalue weighted by Gasteiger charge is -2.17. The molecule has 20 heavy (non-hydrogen) atoms. The summed E-state index contributed by atoms with van der Waals surface area (Å²) < 4.78 is 13.9. The number of carbonyl (C=O) groups excluding carboxylic acids is 2. The average molecular weight is 291 g/mol. The lowest BCUT2D eigenvalue weighted by atomic mass is 10.1. The van der Waals surface area contributed by atoms with Crippen LogP contribution in [-0.2, 0) is 11.3 Å². The number of Topliss-reactive ketones (excluding diaryl/α,β-unsaturated/α-hetero) is 1. The van der Waals surface area contributed by atoms with Crippen molar-refractivity contribution in [3.05, 3.63) is 58.6 Å². The van der Waals surface area contributed by atoms with Crippen LogP contribution < -0.4 is 4.90 Å². The fourth-order valence-electron chi connectivity index (χ4n) is 2.19. The number of fused-ring (bicyclic) bond motifs is 1. The summed E-state index contributed by atoms with van der Waals surface area (Å²) in [6.07, 6.45) is 1.49. The first-order valence-electron chi connectivity index (χ1n) is 5.83. The molecule has 2 aromatic rings. The number of pyridine rings is 1. The van der Waals surface area contributed by atoms with E-state index in [4.69, 9.17) is 11.6 Å². The molecule has 0 unspecified atom stereocenters. The molecule has 0 N–H and O–H groups in total. The molecule has 100 valence electrons. The highest BCUT2D eigenvalue weighted by atomic mass is 35.5. The second-order valence-electron chi connectivity index (χ2n) is 4.34. The molecule has 0 bridgehead atoms. The molecule has 0 fully saturated rings. The van der Waals surface area contributed by atoms with E-state index in [0.29, 0.717) is 5.56 Å². The van der Waals surface area contributed by atoms with Crippen LogP contribution in [0.2, 0.25) is 5.15 Å². The van der Waals surface area contributed by atoms with Crippen molar-refractivity contribution in [3.63, 3.8) is 0 Å². The number of carbonyl (C=O) groups is 2. The van der Waals surface area contributed by atoms with Crippen LogP contribution in [-0.4, -0.2) is 16.7 Å². The Labute approximate surface area is 118 Å². The number of anilines is 1. The van der Waals surface area contributed by atoms with Crippen LogP contribution in [0, 0.1) is 5.82 Å². The summed E-state index contributed by atoms with van der Waals surface area (Å²) in [5, 5.41) is 0.272. The molecule has 4 nitrogen and oxygen atoms in total. The molecule has 0 saturated heterocycles. The van der Waals surface area contributed by atoms with Crippen molar-refractivity contribution in [1.82, 2.24) is 4.98 Å². The van der Waals surface area contributed by atoms with Gasteiger partial charge in [0.25, 0.3) is 11.7 Å². The number of benzene rings is 1. The van der Waals surface area contributed by atoms with Crippen LogP contribution in [0.1, 0.15) is 15.9 Å². The smallest absolute Gasteiger partial charge is 0.298 e. The molecule has 0 saturated carbocycles. The van der Waals surface area contributed by atoms with Crippen LogP contribution >= 0.6 is 11.6 Å². The summed E-state index contributed by atoms with van der Waals surface area (Å²) in [5.74, 6) is -2.03. The maximum absolute atomic E-state index is 13.9. The van der Waals surface area contributed by atoms with Gasteiger partial charge < -0.3 is 0 Å². The Morgan fingerprint density at radius 3 is 2.80 bits per heavy atom. The Morgan fingerprint density at radius 2 is 2.05 bits per heavy atom. The van der Waals surface area contributed by atoms with Gasteiger partial charge in [-0.05, 0) is 29.8 Å². The summed E-state index contributed by atoms with van der Waals surface area (Å²) in [6, 6.07) is 7.29. The summed E-state index contributed by atoms with van der Waals surface area (Å²) in [5.41, 5.74) is 0.785. The highest BCUT2D eigenvalue weighted by Crippen LogP contribution is 2.32. The molecule has 1 aromatic heterocycles. The Bertz CT molecular complexity index is 733. The number of halogens is 2. The lowest BCUT2D eigenvalue weighted by molar-refractivity contribution is -0.114. The molecule has 3 rings (SSSR count). The van der Waals surface area contributed by atoms with Crippen molar-refractivity contribution < 1.29 is 14.0 Å². The van der Waals surface area contributed by atoms with Gasteiger partial charge in [-0.1, -0.05) is 17.7 Å². The van der Waals surface area contributed by atoms with Gasteiger partial charge >= 0.3 is 0 Å². The van der Waals surface area contributed by atoms with Gasteiger partial charge in [-0.15, -0.1) is 0 Å². The number of hydrogen-bond donors (Lipinski definition) is 0. The molecule has 0 aliphatic carbocycles. The van der Waals surface area contributed by atoms with Gasteiger partial charge in [0.2, 0.25) is 0 Å². The number of hydrogen-bond acceptors (Lipinski definition) is 3. The summed E-state index contributed by atoms with van der Waals surface area (Å²) in [7, 11) is 0. The fraction of sp³-hybridized carbons (Fsp3) is 0.0714. The van der Waals surface area contributed by atoms with Crippen LogP contribution in [0.3, 0.4) is 0 Å². The zero-order valence-electron chi connectivity index (χ0n) is 10.1. The average Bonchev–Trinajstić information content (AvgIpc) is 2.66. The third-order valence-corrected chi connectivity index (χ3v) is 3.28. The number of amides is 1. The Hall–Kier alpha value is -2.27. The number of aromatic nitrogens is 1. The maximum atomic E-state index is 13.9. The van der Waals surface area contributed by atoms with E-state index in [1.807, 2.05) is 0 Å². The van der Waals surface area contributed by atoms with Gasteiger partial charge in [-0.2, -0.15) is 0 Å². The van der Waals surface area contributed by atoms with Crippen LogP contribution in [0.15, 0.2) is 36.5 Å². The van der Waals surface area contributed by atoms with Crippen LogP contribution in [0.25, 0.3) is 0 Å². The number of para-hydroxylation sites is 1. The molecular formula is C14H8ClFN2O2. The predicted molar refractivity (Wildman–Crippen MR) is 71.2 cm³/mol. The fourth-order valence-corrected chi connectivity index (χ4v) is 2.38. The molecule has 0 atom stereocenters. The lowest BCUT2D eigenvalue weighted by Crippen LogP contribution is -2.29. The summed E-state index contributed by atoms with van der Waals surface area (Å²) in [4.78, 5) is 28.7.